The first-order valence-corrected chi connectivity index (χ1v) is 9.67. The van der Waals surface area contributed by atoms with Gasteiger partial charge in [0.25, 0.3) is 11.6 Å². The highest BCUT2D eigenvalue weighted by Gasteiger charge is 2.24. The van der Waals surface area contributed by atoms with E-state index in [1.54, 1.807) is 0 Å². The Labute approximate surface area is 162 Å². The molecule has 2 aliphatic heterocycles. The SMILES string of the molecule is Cc1noc2nc(-c3ccc4c(c3)OCO4)cc(C(=O)N3CCCCCC3)c12. The van der Waals surface area contributed by atoms with Gasteiger partial charge < -0.3 is 18.9 Å². The van der Waals surface area contributed by atoms with Crippen LogP contribution in [0, 0.1) is 6.92 Å². The number of hydrogen-bond acceptors (Lipinski definition) is 6. The van der Waals surface area contributed by atoms with Crippen LogP contribution in [-0.2, 0) is 0 Å². The van der Waals surface area contributed by atoms with Gasteiger partial charge in [0, 0.05) is 18.7 Å². The van der Waals surface area contributed by atoms with Crippen molar-refractivity contribution in [1.82, 2.24) is 15.0 Å². The molecule has 4 heterocycles. The molecule has 0 radical (unpaired) electrons. The molecule has 1 fully saturated rings. The van der Waals surface area contributed by atoms with Crippen molar-refractivity contribution in [3.63, 3.8) is 0 Å². The van der Waals surface area contributed by atoms with E-state index in [1.807, 2.05) is 36.1 Å². The van der Waals surface area contributed by atoms with Crippen molar-refractivity contribution in [2.24, 2.45) is 0 Å². The van der Waals surface area contributed by atoms with Crippen molar-refractivity contribution < 1.29 is 18.8 Å². The van der Waals surface area contributed by atoms with Gasteiger partial charge in [0.15, 0.2) is 11.5 Å². The topological polar surface area (TPSA) is 77.7 Å². The monoisotopic (exact) mass is 379 g/mol. The minimum absolute atomic E-state index is 0.0163. The Morgan fingerprint density at radius 2 is 1.82 bits per heavy atom. The maximum Gasteiger partial charge on any atom is 0.259 e. The molecule has 28 heavy (non-hydrogen) atoms. The number of amides is 1. The maximum atomic E-state index is 13.4. The number of ether oxygens (including phenoxy) is 2. The third-order valence-electron chi connectivity index (χ3n) is 5.41. The van der Waals surface area contributed by atoms with Crippen LogP contribution in [0.1, 0.15) is 41.7 Å². The van der Waals surface area contributed by atoms with E-state index in [4.69, 9.17) is 14.0 Å². The molecule has 2 aliphatic rings. The molecule has 1 aromatic carbocycles. The second-order valence-corrected chi connectivity index (χ2v) is 7.28. The molecule has 5 rings (SSSR count). The zero-order chi connectivity index (χ0) is 19.1. The number of aromatic nitrogens is 2. The number of likely N-dealkylation sites (tertiary alicyclic amines) is 1. The van der Waals surface area contributed by atoms with Crippen molar-refractivity contribution in [1.29, 1.82) is 0 Å². The molecule has 1 saturated heterocycles. The van der Waals surface area contributed by atoms with Gasteiger partial charge in [-0.25, -0.2) is 4.98 Å². The summed E-state index contributed by atoms with van der Waals surface area (Å²) in [5.74, 6) is 1.40. The van der Waals surface area contributed by atoms with E-state index in [9.17, 15) is 4.79 Å². The number of hydrogen-bond donors (Lipinski definition) is 0. The third kappa shape index (κ3) is 2.87. The number of pyridine rings is 1. The number of carbonyl (C=O) groups excluding carboxylic acids is 1. The zero-order valence-corrected chi connectivity index (χ0v) is 15.7. The van der Waals surface area contributed by atoms with Crippen molar-refractivity contribution in [3.05, 3.63) is 35.5 Å². The Hall–Kier alpha value is -3.09. The van der Waals surface area contributed by atoms with E-state index in [2.05, 4.69) is 10.1 Å². The van der Waals surface area contributed by atoms with Gasteiger partial charge in [-0.15, -0.1) is 0 Å². The van der Waals surface area contributed by atoms with Crippen molar-refractivity contribution in [2.75, 3.05) is 19.9 Å². The van der Waals surface area contributed by atoms with Crippen molar-refractivity contribution in [2.45, 2.75) is 32.6 Å². The fourth-order valence-electron chi connectivity index (χ4n) is 3.91. The van der Waals surface area contributed by atoms with Crippen LogP contribution in [0.15, 0.2) is 28.8 Å². The minimum atomic E-state index is 0.0163. The normalized spacial score (nSPS) is 16.4. The van der Waals surface area contributed by atoms with Crippen LogP contribution in [0.4, 0.5) is 0 Å². The first-order chi connectivity index (χ1) is 13.7. The summed E-state index contributed by atoms with van der Waals surface area (Å²) in [6, 6.07) is 7.48. The summed E-state index contributed by atoms with van der Waals surface area (Å²) in [7, 11) is 0. The summed E-state index contributed by atoms with van der Waals surface area (Å²) in [5.41, 5.74) is 3.15. The van der Waals surface area contributed by atoms with Crippen LogP contribution >= 0.6 is 0 Å². The van der Waals surface area contributed by atoms with E-state index in [-0.39, 0.29) is 12.7 Å². The molecule has 2 aromatic heterocycles. The molecule has 0 unspecified atom stereocenters. The number of carbonyl (C=O) groups is 1. The molecule has 1 amide bonds. The summed E-state index contributed by atoms with van der Waals surface area (Å²) < 4.78 is 16.3. The molecule has 0 spiro atoms. The molecule has 0 N–H and O–H groups in total. The lowest BCUT2D eigenvalue weighted by atomic mass is 10.0. The standard InChI is InChI=1S/C21H21N3O4/c1-13-19-15(21(25)24-8-4-2-3-5-9-24)11-16(22-20(19)28-23-13)14-6-7-17-18(10-14)27-12-26-17/h6-7,10-11H,2-5,8-9,12H2,1H3. The zero-order valence-electron chi connectivity index (χ0n) is 15.7. The van der Waals surface area contributed by atoms with Crippen LogP contribution in [-0.4, -0.2) is 40.8 Å². The summed E-state index contributed by atoms with van der Waals surface area (Å²) in [4.78, 5) is 19.9. The lowest BCUT2D eigenvalue weighted by Crippen LogP contribution is -2.32. The Morgan fingerprint density at radius 1 is 1.04 bits per heavy atom. The largest absolute Gasteiger partial charge is 0.454 e. The Balaban J connectivity index is 1.61. The Morgan fingerprint density at radius 3 is 2.64 bits per heavy atom. The van der Waals surface area contributed by atoms with Crippen LogP contribution in [0.5, 0.6) is 11.5 Å². The highest BCUT2D eigenvalue weighted by atomic mass is 16.7. The van der Waals surface area contributed by atoms with Gasteiger partial charge >= 0.3 is 0 Å². The average Bonchev–Trinajstić information content (AvgIpc) is 3.23. The molecule has 3 aromatic rings. The second kappa shape index (κ2) is 6.82. The molecule has 0 saturated carbocycles. The van der Waals surface area contributed by atoms with Crippen molar-refractivity contribution in [3.8, 4) is 22.8 Å². The van der Waals surface area contributed by atoms with Crippen LogP contribution in [0.2, 0.25) is 0 Å². The highest BCUT2D eigenvalue weighted by Crippen LogP contribution is 2.36. The first-order valence-electron chi connectivity index (χ1n) is 9.67. The smallest absolute Gasteiger partial charge is 0.259 e. The van der Waals surface area contributed by atoms with Gasteiger partial charge in [-0.1, -0.05) is 18.0 Å². The maximum absolute atomic E-state index is 13.4. The second-order valence-electron chi connectivity index (χ2n) is 7.28. The Kier molecular flexibility index (Phi) is 4.15. The number of benzene rings is 1. The lowest BCUT2D eigenvalue weighted by molar-refractivity contribution is 0.0763. The van der Waals surface area contributed by atoms with Gasteiger partial charge in [-0.3, -0.25) is 4.79 Å². The van der Waals surface area contributed by atoms with Crippen LogP contribution < -0.4 is 9.47 Å². The van der Waals surface area contributed by atoms with Gasteiger partial charge in [0.1, 0.15) is 0 Å². The van der Waals surface area contributed by atoms with Crippen molar-refractivity contribution >= 4 is 17.0 Å². The minimum Gasteiger partial charge on any atom is -0.454 e. The fourth-order valence-corrected chi connectivity index (χ4v) is 3.91. The molecule has 0 aliphatic carbocycles. The molecule has 0 bridgehead atoms. The summed E-state index contributed by atoms with van der Waals surface area (Å²) in [6.07, 6.45) is 4.42. The van der Waals surface area contributed by atoms with E-state index in [1.165, 1.54) is 12.8 Å². The van der Waals surface area contributed by atoms with Gasteiger partial charge in [-0.2, -0.15) is 0 Å². The third-order valence-corrected chi connectivity index (χ3v) is 5.41. The van der Waals surface area contributed by atoms with E-state index in [0.29, 0.717) is 39.6 Å². The quantitative estimate of drug-likeness (QED) is 0.671. The van der Waals surface area contributed by atoms with Gasteiger partial charge in [-0.05, 0) is 44.0 Å². The predicted octanol–water partition coefficient (Wildman–Crippen LogP) is 3.94. The number of nitrogens with zero attached hydrogens (tertiary/aromatic N) is 3. The molecule has 144 valence electrons. The van der Waals surface area contributed by atoms with E-state index < -0.39 is 0 Å². The van der Waals surface area contributed by atoms with Crippen LogP contribution in [0.3, 0.4) is 0 Å². The molecule has 7 heteroatoms. The van der Waals surface area contributed by atoms with Crippen LogP contribution in [0.25, 0.3) is 22.4 Å². The molecular weight excluding hydrogens is 358 g/mol. The summed E-state index contributed by atoms with van der Waals surface area (Å²) >= 11 is 0. The highest BCUT2D eigenvalue weighted by molar-refractivity contribution is 6.07. The number of rotatable bonds is 2. The molecule has 0 atom stereocenters. The summed E-state index contributed by atoms with van der Waals surface area (Å²) in [5, 5.41) is 4.74. The number of fused-ring (bicyclic) bond motifs is 2. The molecule has 7 nitrogen and oxygen atoms in total. The molecular formula is C21H21N3O4. The number of aryl methyl sites for hydroxylation is 1. The lowest BCUT2D eigenvalue weighted by Gasteiger charge is -2.21. The van der Waals surface area contributed by atoms with Gasteiger partial charge in [0.05, 0.1) is 22.3 Å². The predicted molar refractivity (Wildman–Crippen MR) is 102 cm³/mol. The van der Waals surface area contributed by atoms with E-state index in [0.717, 1.165) is 31.5 Å². The average molecular weight is 379 g/mol. The van der Waals surface area contributed by atoms with E-state index >= 15 is 0 Å². The summed E-state index contributed by atoms with van der Waals surface area (Å²) in [6.45, 7) is 3.62. The fraction of sp³-hybridized carbons (Fsp3) is 0.381. The first kappa shape index (κ1) is 17.0. The van der Waals surface area contributed by atoms with Gasteiger partial charge in [0.2, 0.25) is 6.79 Å². The Bertz CT molecular complexity index is 1050.